The van der Waals surface area contributed by atoms with Crippen LogP contribution in [0.1, 0.15) is 23.2 Å². The van der Waals surface area contributed by atoms with Crippen LogP contribution in [-0.4, -0.2) is 37.4 Å². The summed E-state index contributed by atoms with van der Waals surface area (Å²) in [5, 5.41) is 2.14. The van der Waals surface area contributed by atoms with Crippen molar-refractivity contribution in [3.05, 3.63) is 29.8 Å². The molecule has 1 heterocycles. The lowest BCUT2D eigenvalue weighted by Crippen LogP contribution is -2.41. The molecule has 1 aliphatic heterocycles. The zero-order valence-electron chi connectivity index (χ0n) is 11.4. The normalized spacial score (nSPS) is 15.4. The molecule has 1 aromatic carbocycles. The number of benzene rings is 1. The zero-order chi connectivity index (χ0) is 15.5. The second-order valence-corrected chi connectivity index (χ2v) is 4.94. The fourth-order valence-electron chi connectivity index (χ4n) is 2.10. The Morgan fingerprint density at radius 3 is 2.52 bits per heavy atom. The van der Waals surface area contributed by atoms with Crippen LogP contribution in [0.4, 0.5) is 14.5 Å². The monoisotopic (exact) mass is 297 g/mol. The molecular formula is C14H17F2N3O2. The van der Waals surface area contributed by atoms with Gasteiger partial charge in [0.1, 0.15) is 0 Å². The molecule has 0 saturated carbocycles. The molecule has 0 atom stereocenters. The molecule has 3 N–H and O–H groups in total. The molecule has 0 spiro atoms. The number of nitrogens with two attached hydrogens (primary N) is 1. The Bertz CT molecular complexity index is 532. The van der Waals surface area contributed by atoms with E-state index in [9.17, 15) is 18.4 Å². The van der Waals surface area contributed by atoms with Crippen LogP contribution in [0.25, 0.3) is 0 Å². The lowest BCUT2D eigenvalue weighted by Gasteiger charge is -2.16. The molecule has 1 aliphatic rings. The van der Waals surface area contributed by atoms with E-state index >= 15 is 0 Å². The molecule has 5 nitrogen and oxygen atoms in total. The molecule has 7 heteroatoms. The van der Waals surface area contributed by atoms with Crippen molar-refractivity contribution in [2.24, 2.45) is 5.73 Å². The van der Waals surface area contributed by atoms with Gasteiger partial charge in [0.15, 0.2) is 0 Å². The Hall–Kier alpha value is -2.02. The first-order valence-electron chi connectivity index (χ1n) is 6.69. The predicted molar refractivity (Wildman–Crippen MR) is 74.4 cm³/mol. The summed E-state index contributed by atoms with van der Waals surface area (Å²) in [5.74, 6) is -3.66. The number of hydrogen-bond donors (Lipinski definition) is 2. The number of carbonyl (C=O) groups is 2. The molecule has 0 aromatic heterocycles. The molecule has 0 radical (unpaired) electrons. The van der Waals surface area contributed by atoms with Gasteiger partial charge in [0, 0.05) is 24.2 Å². The van der Waals surface area contributed by atoms with E-state index in [2.05, 4.69) is 5.32 Å². The van der Waals surface area contributed by atoms with E-state index in [0.29, 0.717) is 18.7 Å². The van der Waals surface area contributed by atoms with Crippen molar-refractivity contribution < 1.29 is 18.4 Å². The van der Waals surface area contributed by atoms with Gasteiger partial charge in [0.05, 0.1) is 13.1 Å². The molecule has 2 rings (SSSR count). The van der Waals surface area contributed by atoms with Gasteiger partial charge in [-0.3, -0.25) is 9.59 Å². The van der Waals surface area contributed by atoms with E-state index in [1.807, 2.05) is 0 Å². The second kappa shape index (κ2) is 6.17. The van der Waals surface area contributed by atoms with Gasteiger partial charge in [0.2, 0.25) is 5.91 Å². The number of rotatable bonds is 5. The Morgan fingerprint density at radius 2 is 2.00 bits per heavy atom. The van der Waals surface area contributed by atoms with Crippen LogP contribution >= 0.6 is 0 Å². The number of nitrogens with one attached hydrogen (secondary N) is 1. The summed E-state index contributed by atoms with van der Waals surface area (Å²) in [6.45, 7) is -0.953. The summed E-state index contributed by atoms with van der Waals surface area (Å²) < 4.78 is 25.9. The fourth-order valence-corrected chi connectivity index (χ4v) is 2.10. The third-order valence-corrected chi connectivity index (χ3v) is 3.32. The number of carbonyl (C=O) groups excluding carboxylic acids is 2. The molecule has 0 bridgehead atoms. The first kappa shape index (κ1) is 15.4. The van der Waals surface area contributed by atoms with Gasteiger partial charge < -0.3 is 16.0 Å². The summed E-state index contributed by atoms with van der Waals surface area (Å²) in [7, 11) is 0. The number of alkyl halides is 2. The van der Waals surface area contributed by atoms with Crippen molar-refractivity contribution in [1.82, 2.24) is 5.32 Å². The van der Waals surface area contributed by atoms with E-state index in [4.69, 9.17) is 5.73 Å². The van der Waals surface area contributed by atoms with Crippen LogP contribution in [0.15, 0.2) is 24.3 Å². The standard InChI is InChI=1S/C14H17F2N3O2/c15-14(16,8-17)9-18-13(21)10-3-5-11(6-4-10)19-7-1-2-12(19)20/h3-6H,1-2,7-9,17H2,(H,18,21). The minimum absolute atomic E-state index is 0.0507. The number of hydrogen-bond acceptors (Lipinski definition) is 3. The van der Waals surface area contributed by atoms with Crippen molar-refractivity contribution in [2.75, 3.05) is 24.5 Å². The molecule has 0 aliphatic carbocycles. The molecular weight excluding hydrogens is 280 g/mol. The van der Waals surface area contributed by atoms with Gasteiger partial charge in [-0.1, -0.05) is 0 Å². The average molecular weight is 297 g/mol. The second-order valence-electron chi connectivity index (χ2n) is 4.94. The summed E-state index contributed by atoms with van der Waals surface area (Å²) >= 11 is 0. The Morgan fingerprint density at radius 1 is 1.33 bits per heavy atom. The fraction of sp³-hybridized carbons (Fsp3) is 0.429. The Kier molecular flexibility index (Phi) is 4.52. The number of nitrogens with zero attached hydrogens (tertiary/aromatic N) is 1. The zero-order valence-corrected chi connectivity index (χ0v) is 11.4. The predicted octanol–water partition coefficient (Wildman–Crippen LogP) is 1.14. The SMILES string of the molecule is NCC(F)(F)CNC(=O)c1ccc(N2CCCC2=O)cc1. The smallest absolute Gasteiger partial charge is 0.277 e. The van der Waals surface area contributed by atoms with Crippen LogP contribution in [0.3, 0.4) is 0 Å². The van der Waals surface area contributed by atoms with Gasteiger partial charge in [-0.25, -0.2) is 8.78 Å². The van der Waals surface area contributed by atoms with E-state index in [0.717, 1.165) is 6.42 Å². The number of anilines is 1. The lowest BCUT2D eigenvalue weighted by atomic mass is 10.2. The van der Waals surface area contributed by atoms with Crippen LogP contribution < -0.4 is 16.0 Å². The summed E-state index contributed by atoms with van der Waals surface area (Å²) in [6.07, 6.45) is 1.34. The molecule has 0 unspecified atom stereocenters. The third-order valence-electron chi connectivity index (χ3n) is 3.32. The lowest BCUT2D eigenvalue weighted by molar-refractivity contribution is -0.117. The number of amides is 2. The Balaban J connectivity index is 1.98. The van der Waals surface area contributed by atoms with E-state index in [-0.39, 0.29) is 11.5 Å². The van der Waals surface area contributed by atoms with Gasteiger partial charge in [-0.2, -0.15) is 0 Å². The first-order chi connectivity index (χ1) is 9.93. The third kappa shape index (κ3) is 3.75. The maximum atomic E-state index is 13.0. The number of halogens is 2. The van der Waals surface area contributed by atoms with Gasteiger partial charge in [-0.15, -0.1) is 0 Å². The molecule has 114 valence electrons. The summed E-state index contributed by atoms with van der Waals surface area (Å²) in [4.78, 5) is 25.0. The minimum atomic E-state index is -3.11. The van der Waals surface area contributed by atoms with Crippen LogP contribution in [0, 0.1) is 0 Å². The summed E-state index contributed by atoms with van der Waals surface area (Å²) in [6, 6.07) is 6.30. The molecule has 1 saturated heterocycles. The van der Waals surface area contributed by atoms with Crippen LogP contribution in [0.5, 0.6) is 0 Å². The van der Waals surface area contributed by atoms with Crippen molar-refractivity contribution >= 4 is 17.5 Å². The van der Waals surface area contributed by atoms with Crippen molar-refractivity contribution in [2.45, 2.75) is 18.8 Å². The topological polar surface area (TPSA) is 75.4 Å². The summed E-state index contributed by atoms with van der Waals surface area (Å²) in [5.41, 5.74) is 5.87. The Labute approximate surface area is 121 Å². The van der Waals surface area contributed by atoms with Crippen LogP contribution in [0.2, 0.25) is 0 Å². The molecule has 1 fully saturated rings. The molecule has 2 amide bonds. The highest BCUT2D eigenvalue weighted by atomic mass is 19.3. The van der Waals surface area contributed by atoms with Crippen molar-refractivity contribution in [1.29, 1.82) is 0 Å². The maximum absolute atomic E-state index is 13.0. The van der Waals surface area contributed by atoms with E-state index < -0.39 is 24.9 Å². The first-order valence-corrected chi connectivity index (χ1v) is 6.69. The van der Waals surface area contributed by atoms with Gasteiger partial charge in [0.25, 0.3) is 11.8 Å². The highest BCUT2D eigenvalue weighted by molar-refractivity contribution is 5.97. The van der Waals surface area contributed by atoms with Crippen LogP contribution in [-0.2, 0) is 4.79 Å². The minimum Gasteiger partial charge on any atom is -0.346 e. The van der Waals surface area contributed by atoms with E-state index in [1.165, 1.54) is 12.1 Å². The largest absolute Gasteiger partial charge is 0.346 e. The van der Waals surface area contributed by atoms with Crippen molar-refractivity contribution in [3.63, 3.8) is 0 Å². The molecule has 1 aromatic rings. The average Bonchev–Trinajstić information content (AvgIpc) is 2.91. The van der Waals surface area contributed by atoms with E-state index in [1.54, 1.807) is 17.0 Å². The van der Waals surface area contributed by atoms with Gasteiger partial charge in [-0.05, 0) is 30.7 Å². The molecule has 21 heavy (non-hydrogen) atoms. The quantitative estimate of drug-likeness (QED) is 0.855. The maximum Gasteiger partial charge on any atom is 0.277 e. The van der Waals surface area contributed by atoms with Gasteiger partial charge >= 0.3 is 0 Å². The van der Waals surface area contributed by atoms with Crippen molar-refractivity contribution in [3.8, 4) is 0 Å². The highest BCUT2D eigenvalue weighted by Gasteiger charge is 2.27. The highest BCUT2D eigenvalue weighted by Crippen LogP contribution is 2.21.